The molecule has 0 spiro atoms. The number of rotatable bonds is 6. The van der Waals surface area contributed by atoms with E-state index in [-0.39, 0.29) is 5.75 Å². The Bertz CT molecular complexity index is 775. The largest absolute Gasteiger partial charge is 0.455 e. The predicted octanol–water partition coefficient (Wildman–Crippen LogP) is 4.37. The molecule has 0 aromatic heterocycles. The monoisotopic (exact) mass is 381 g/mol. The Balaban J connectivity index is 1.82. The van der Waals surface area contributed by atoms with E-state index in [9.17, 15) is 14.0 Å². The molecule has 4 nitrogen and oxygen atoms in total. The van der Waals surface area contributed by atoms with Gasteiger partial charge in [-0.05, 0) is 43.2 Å². The highest BCUT2D eigenvalue weighted by Gasteiger charge is 2.13. The van der Waals surface area contributed by atoms with Crippen molar-refractivity contribution >= 4 is 40.9 Å². The van der Waals surface area contributed by atoms with Gasteiger partial charge in [-0.3, -0.25) is 9.59 Å². The minimum absolute atomic E-state index is 0.0848. The van der Waals surface area contributed by atoms with E-state index in [1.807, 2.05) is 19.9 Å². The van der Waals surface area contributed by atoms with Crippen molar-refractivity contribution in [2.75, 3.05) is 17.7 Å². The number of halogens is 2. The maximum Gasteiger partial charge on any atom is 0.316 e. The summed E-state index contributed by atoms with van der Waals surface area (Å²) in [5.74, 6) is -1.57. The summed E-state index contributed by atoms with van der Waals surface area (Å²) in [7, 11) is 0. The van der Waals surface area contributed by atoms with Crippen molar-refractivity contribution in [2.45, 2.75) is 18.7 Å². The average molecular weight is 382 g/mol. The van der Waals surface area contributed by atoms with Crippen molar-refractivity contribution in [3.05, 3.63) is 58.4 Å². The Morgan fingerprint density at radius 3 is 2.64 bits per heavy atom. The third kappa shape index (κ3) is 5.76. The van der Waals surface area contributed by atoms with Crippen LogP contribution in [0.25, 0.3) is 0 Å². The summed E-state index contributed by atoms with van der Waals surface area (Å²) >= 11 is 7.13. The number of aryl methyl sites for hydroxylation is 2. The molecular formula is C18H17ClFNO3S. The molecule has 0 heterocycles. The van der Waals surface area contributed by atoms with Crippen LogP contribution in [-0.2, 0) is 14.3 Å². The van der Waals surface area contributed by atoms with Gasteiger partial charge in [0.25, 0.3) is 5.91 Å². The van der Waals surface area contributed by atoms with Crippen molar-refractivity contribution in [3.8, 4) is 0 Å². The summed E-state index contributed by atoms with van der Waals surface area (Å²) in [6.45, 7) is 3.30. The molecule has 0 saturated carbocycles. The van der Waals surface area contributed by atoms with E-state index >= 15 is 0 Å². The Morgan fingerprint density at radius 1 is 1.24 bits per heavy atom. The molecule has 2 aromatic carbocycles. The molecule has 2 rings (SSSR count). The summed E-state index contributed by atoms with van der Waals surface area (Å²) in [6.07, 6.45) is 0. The number of nitrogens with one attached hydrogen (secondary N) is 1. The number of amides is 1. The van der Waals surface area contributed by atoms with Gasteiger partial charge in [-0.15, -0.1) is 11.8 Å². The quantitative estimate of drug-likeness (QED) is 0.596. The van der Waals surface area contributed by atoms with Crippen molar-refractivity contribution in [1.29, 1.82) is 0 Å². The lowest BCUT2D eigenvalue weighted by molar-refractivity contribution is -0.144. The van der Waals surface area contributed by atoms with Crippen LogP contribution in [0.3, 0.4) is 0 Å². The van der Waals surface area contributed by atoms with Crippen molar-refractivity contribution in [1.82, 2.24) is 0 Å². The van der Waals surface area contributed by atoms with Crippen molar-refractivity contribution < 1.29 is 18.7 Å². The van der Waals surface area contributed by atoms with E-state index in [2.05, 4.69) is 5.32 Å². The van der Waals surface area contributed by atoms with E-state index < -0.39 is 24.3 Å². The van der Waals surface area contributed by atoms with Crippen LogP contribution in [0.4, 0.5) is 10.1 Å². The molecule has 0 fully saturated rings. The van der Waals surface area contributed by atoms with Gasteiger partial charge in [-0.25, -0.2) is 4.39 Å². The zero-order valence-corrected chi connectivity index (χ0v) is 15.3. The summed E-state index contributed by atoms with van der Waals surface area (Å²) in [4.78, 5) is 24.0. The van der Waals surface area contributed by atoms with Crippen molar-refractivity contribution in [2.24, 2.45) is 0 Å². The molecule has 0 unspecified atom stereocenters. The second-order valence-electron chi connectivity index (χ2n) is 5.37. The summed E-state index contributed by atoms with van der Waals surface area (Å²) in [6, 6.07) is 9.76. The fourth-order valence-electron chi connectivity index (χ4n) is 2.14. The number of hydrogen-bond donors (Lipinski definition) is 1. The highest BCUT2D eigenvalue weighted by molar-refractivity contribution is 8.00. The van der Waals surface area contributed by atoms with Crippen LogP contribution in [0.15, 0.2) is 41.3 Å². The lowest BCUT2D eigenvalue weighted by atomic mass is 10.1. The van der Waals surface area contributed by atoms with E-state index in [1.165, 1.54) is 6.07 Å². The molecular weight excluding hydrogens is 365 g/mol. The number of carbonyl (C=O) groups excluding carboxylic acids is 2. The maximum absolute atomic E-state index is 13.5. The standard InChI is InChI=1S/C18H17ClFNO3S/c1-11-7-12(2)18(13(19)8-11)21-16(22)9-24-17(23)10-25-15-6-4-3-5-14(15)20/h3-8H,9-10H2,1-2H3,(H,21,22). The molecule has 0 bridgehead atoms. The minimum Gasteiger partial charge on any atom is -0.455 e. The summed E-state index contributed by atoms with van der Waals surface area (Å²) in [5.41, 5.74) is 2.30. The Labute approximate surface area is 154 Å². The molecule has 2 aromatic rings. The van der Waals surface area contributed by atoms with E-state index in [0.29, 0.717) is 15.6 Å². The average Bonchev–Trinajstić information content (AvgIpc) is 2.55. The van der Waals surface area contributed by atoms with Gasteiger partial charge in [0.05, 0.1) is 16.5 Å². The van der Waals surface area contributed by atoms with E-state index in [1.54, 1.807) is 24.3 Å². The third-order valence-corrected chi connectivity index (χ3v) is 4.56. The number of thioether (sulfide) groups is 1. The van der Waals surface area contributed by atoms with Crippen LogP contribution < -0.4 is 5.32 Å². The second-order valence-corrected chi connectivity index (χ2v) is 6.79. The highest BCUT2D eigenvalue weighted by atomic mass is 35.5. The first-order valence-corrected chi connectivity index (χ1v) is 8.82. The SMILES string of the molecule is Cc1cc(C)c(NC(=O)COC(=O)CSc2ccccc2F)c(Cl)c1. The van der Waals surface area contributed by atoms with Gasteiger partial charge in [0.15, 0.2) is 6.61 Å². The number of carbonyl (C=O) groups is 2. The Morgan fingerprint density at radius 2 is 1.96 bits per heavy atom. The van der Waals surface area contributed by atoms with Crippen LogP contribution in [0.2, 0.25) is 5.02 Å². The third-order valence-electron chi connectivity index (χ3n) is 3.24. The van der Waals surface area contributed by atoms with Crippen LogP contribution in [-0.4, -0.2) is 24.2 Å². The van der Waals surface area contributed by atoms with Gasteiger partial charge in [-0.2, -0.15) is 0 Å². The molecule has 1 amide bonds. The summed E-state index contributed by atoms with van der Waals surface area (Å²) in [5, 5.41) is 3.05. The molecule has 132 valence electrons. The second kappa shape index (κ2) is 8.87. The van der Waals surface area contributed by atoms with E-state index in [0.717, 1.165) is 22.9 Å². The lowest BCUT2D eigenvalue weighted by Gasteiger charge is -2.11. The fourth-order valence-corrected chi connectivity index (χ4v) is 3.24. The van der Waals surface area contributed by atoms with Crippen LogP contribution in [0, 0.1) is 19.7 Å². The van der Waals surface area contributed by atoms with Gasteiger partial charge in [-0.1, -0.05) is 29.8 Å². The number of esters is 1. The van der Waals surface area contributed by atoms with Crippen LogP contribution in [0.5, 0.6) is 0 Å². The molecule has 0 saturated heterocycles. The highest BCUT2D eigenvalue weighted by Crippen LogP contribution is 2.27. The Kier molecular flexibility index (Phi) is 6.84. The smallest absolute Gasteiger partial charge is 0.316 e. The molecule has 0 radical (unpaired) electrons. The zero-order chi connectivity index (χ0) is 18.4. The molecule has 0 aliphatic heterocycles. The summed E-state index contributed by atoms with van der Waals surface area (Å²) < 4.78 is 18.4. The number of hydrogen-bond acceptors (Lipinski definition) is 4. The van der Waals surface area contributed by atoms with Crippen LogP contribution in [0.1, 0.15) is 11.1 Å². The van der Waals surface area contributed by atoms with Gasteiger partial charge in [0, 0.05) is 4.90 Å². The first-order valence-electron chi connectivity index (χ1n) is 7.46. The minimum atomic E-state index is -0.602. The molecule has 25 heavy (non-hydrogen) atoms. The van der Waals surface area contributed by atoms with E-state index in [4.69, 9.17) is 16.3 Å². The number of benzene rings is 2. The first-order chi connectivity index (χ1) is 11.9. The Hall–Kier alpha value is -2.05. The molecule has 7 heteroatoms. The topological polar surface area (TPSA) is 55.4 Å². The van der Waals surface area contributed by atoms with Gasteiger partial charge in [0.1, 0.15) is 5.82 Å². The van der Waals surface area contributed by atoms with Crippen LogP contribution >= 0.6 is 23.4 Å². The molecule has 0 atom stereocenters. The zero-order valence-electron chi connectivity index (χ0n) is 13.8. The fraction of sp³-hybridized carbons (Fsp3) is 0.222. The molecule has 1 N–H and O–H groups in total. The van der Waals surface area contributed by atoms with Gasteiger partial charge in [0.2, 0.25) is 0 Å². The predicted molar refractivity (Wildman–Crippen MR) is 97.6 cm³/mol. The maximum atomic E-state index is 13.5. The lowest BCUT2D eigenvalue weighted by Crippen LogP contribution is -2.22. The van der Waals surface area contributed by atoms with Gasteiger partial charge < -0.3 is 10.1 Å². The van der Waals surface area contributed by atoms with Crippen molar-refractivity contribution in [3.63, 3.8) is 0 Å². The molecule has 0 aliphatic rings. The number of ether oxygens (including phenoxy) is 1. The number of anilines is 1. The van der Waals surface area contributed by atoms with Gasteiger partial charge >= 0.3 is 5.97 Å². The normalized spacial score (nSPS) is 10.4. The first kappa shape index (κ1) is 19.3. The molecule has 0 aliphatic carbocycles.